The Bertz CT molecular complexity index is 983. The Hall–Kier alpha value is -2.79. The highest BCUT2D eigenvalue weighted by atomic mass is 32.2. The molecule has 2 amide bonds. The average Bonchev–Trinajstić information content (AvgIpc) is 3.39. The summed E-state index contributed by atoms with van der Waals surface area (Å²) in [5, 5.41) is 9.79. The number of pyridine rings is 1. The van der Waals surface area contributed by atoms with Crippen molar-refractivity contribution in [3.8, 4) is 11.8 Å². The van der Waals surface area contributed by atoms with Gasteiger partial charge in [-0.2, -0.15) is 5.26 Å². The van der Waals surface area contributed by atoms with Gasteiger partial charge >= 0.3 is 0 Å². The van der Waals surface area contributed by atoms with Gasteiger partial charge < -0.3 is 15.4 Å². The van der Waals surface area contributed by atoms with E-state index in [0.29, 0.717) is 52.1 Å². The number of hydrogen-bond donors (Lipinski definition) is 1. The maximum Gasteiger partial charge on any atom is 0.249 e. The number of ether oxygens (including phenoxy) is 1. The van der Waals surface area contributed by atoms with Gasteiger partial charge in [-0.25, -0.2) is 0 Å². The smallest absolute Gasteiger partial charge is 0.249 e. The molecule has 0 radical (unpaired) electrons. The van der Waals surface area contributed by atoms with E-state index in [9.17, 15) is 14.9 Å². The van der Waals surface area contributed by atoms with E-state index in [0.717, 1.165) is 0 Å². The normalized spacial score (nSPS) is 18.8. The van der Waals surface area contributed by atoms with Crippen LogP contribution in [-0.2, 0) is 11.2 Å². The number of carbonyl (C=O) groups excluding carboxylic acids is 2. The lowest BCUT2D eigenvalue weighted by Gasteiger charge is -2.18. The molecule has 2 N–H and O–H groups in total. The molecule has 1 aromatic carbocycles. The minimum absolute atomic E-state index is 0.0227. The molecule has 1 atom stereocenters. The average molecular weight is 396 g/mol. The highest BCUT2D eigenvalue weighted by Gasteiger charge is 2.29. The Balaban J connectivity index is 1.60. The van der Waals surface area contributed by atoms with Gasteiger partial charge in [-0.1, -0.05) is 0 Å². The van der Waals surface area contributed by atoms with E-state index in [1.165, 1.54) is 12.8 Å². The molecule has 1 aliphatic heterocycles. The van der Waals surface area contributed by atoms with Crippen LogP contribution in [-0.4, -0.2) is 46.0 Å². The molecule has 1 unspecified atom stereocenters. The van der Waals surface area contributed by atoms with E-state index in [1.54, 1.807) is 34.9 Å². The van der Waals surface area contributed by atoms with Crippen LogP contribution in [0.15, 0.2) is 24.3 Å². The summed E-state index contributed by atoms with van der Waals surface area (Å²) in [5.41, 5.74) is 6.95. The second kappa shape index (κ2) is 7.68. The third-order valence-electron chi connectivity index (χ3n) is 4.97. The minimum Gasteiger partial charge on any atom is -0.493 e. The number of rotatable bonds is 6. The summed E-state index contributed by atoms with van der Waals surface area (Å²) in [6.07, 6.45) is 2.41. The first-order valence-corrected chi connectivity index (χ1v) is 10.3. The summed E-state index contributed by atoms with van der Waals surface area (Å²) in [4.78, 5) is 30.7. The Morgan fingerprint density at radius 3 is 2.89 bits per heavy atom. The molecule has 144 valence electrons. The number of carbonyl (C=O) groups is 2. The lowest BCUT2D eigenvalue weighted by Crippen LogP contribution is -2.36. The fourth-order valence-electron chi connectivity index (χ4n) is 3.19. The summed E-state index contributed by atoms with van der Waals surface area (Å²) in [6, 6.07) is 8.67. The van der Waals surface area contributed by atoms with Gasteiger partial charge in [0.15, 0.2) is 0 Å². The molecule has 2 fully saturated rings. The van der Waals surface area contributed by atoms with E-state index in [-0.39, 0.29) is 12.3 Å². The number of nitriles is 1. The number of hydrogen-bond acceptors (Lipinski definition) is 6. The Morgan fingerprint density at radius 2 is 2.18 bits per heavy atom. The van der Waals surface area contributed by atoms with Crippen LogP contribution in [0.1, 0.15) is 28.9 Å². The van der Waals surface area contributed by atoms with Crippen molar-refractivity contribution in [3.05, 3.63) is 35.5 Å². The van der Waals surface area contributed by atoms with Gasteiger partial charge in [0.2, 0.25) is 11.8 Å². The zero-order chi connectivity index (χ0) is 19.7. The van der Waals surface area contributed by atoms with Crippen LogP contribution in [0.3, 0.4) is 0 Å². The first-order chi connectivity index (χ1) is 13.5. The topological polar surface area (TPSA) is 109 Å². The largest absolute Gasteiger partial charge is 0.493 e. The van der Waals surface area contributed by atoms with Crippen molar-refractivity contribution < 1.29 is 14.3 Å². The van der Waals surface area contributed by atoms with E-state index in [2.05, 4.69) is 11.1 Å². The van der Waals surface area contributed by atoms with Crippen molar-refractivity contribution in [2.45, 2.75) is 25.3 Å². The molecule has 1 aliphatic carbocycles. The van der Waals surface area contributed by atoms with Gasteiger partial charge in [-0.3, -0.25) is 14.6 Å². The maximum absolute atomic E-state index is 12.6. The Morgan fingerprint density at radius 1 is 1.36 bits per heavy atom. The molecule has 1 saturated heterocycles. The standard InChI is InChI=1S/C20H20N4O3S/c21-8-14-10-28-11-24(14)19(25)6-13-5-17(20(22)26)16-7-15(3-4-18(16)23-13)27-9-12-1-2-12/h3-5,7,12,14H,1-2,6,9-11H2,(H2,22,26). The van der Waals surface area contributed by atoms with Crippen LogP contribution in [0.4, 0.5) is 0 Å². The van der Waals surface area contributed by atoms with E-state index < -0.39 is 11.9 Å². The Labute approximate surface area is 166 Å². The molecule has 2 aliphatic rings. The number of thioether (sulfide) groups is 1. The predicted octanol–water partition coefficient (Wildman–Crippen LogP) is 2.09. The summed E-state index contributed by atoms with van der Waals surface area (Å²) in [7, 11) is 0. The molecule has 1 saturated carbocycles. The second-order valence-electron chi connectivity index (χ2n) is 7.14. The summed E-state index contributed by atoms with van der Waals surface area (Å²) in [5.74, 6) is 1.66. The number of benzene rings is 1. The highest BCUT2D eigenvalue weighted by molar-refractivity contribution is 7.99. The van der Waals surface area contributed by atoms with Gasteiger partial charge in [-0.15, -0.1) is 11.8 Å². The molecule has 8 heteroatoms. The van der Waals surface area contributed by atoms with Gasteiger partial charge in [0.05, 0.1) is 41.7 Å². The molecule has 7 nitrogen and oxygen atoms in total. The fraction of sp³-hybridized carbons (Fsp3) is 0.400. The van der Waals surface area contributed by atoms with Crippen molar-refractivity contribution in [2.75, 3.05) is 18.2 Å². The van der Waals surface area contributed by atoms with E-state index in [1.807, 2.05) is 6.07 Å². The van der Waals surface area contributed by atoms with Crippen molar-refractivity contribution in [1.82, 2.24) is 9.88 Å². The van der Waals surface area contributed by atoms with Gasteiger partial charge in [0.1, 0.15) is 11.8 Å². The van der Waals surface area contributed by atoms with E-state index in [4.69, 9.17) is 10.5 Å². The van der Waals surface area contributed by atoms with Gasteiger partial charge in [0.25, 0.3) is 0 Å². The Kier molecular flexibility index (Phi) is 5.09. The van der Waals surface area contributed by atoms with Gasteiger partial charge in [-0.05, 0) is 43.0 Å². The molecule has 0 spiro atoms. The number of amides is 2. The molecular weight excluding hydrogens is 376 g/mol. The molecule has 4 rings (SSSR count). The summed E-state index contributed by atoms with van der Waals surface area (Å²) < 4.78 is 5.79. The highest BCUT2D eigenvalue weighted by Crippen LogP contribution is 2.31. The van der Waals surface area contributed by atoms with Crippen molar-refractivity contribution >= 4 is 34.5 Å². The molecule has 2 aromatic rings. The first-order valence-electron chi connectivity index (χ1n) is 9.18. The number of fused-ring (bicyclic) bond motifs is 1. The first kappa shape index (κ1) is 18.6. The third kappa shape index (κ3) is 3.90. The predicted molar refractivity (Wildman–Crippen MR) is 106 cm³/mol. The number of aromatic nitrogens is 1. The molecule has 28 heavy (non-hydrogen) atoms. The zero-order valence-electron chi connectivity index (χ0n) is 15.3. The molecular formula is C20H20N4O3S. The second-order valence-corrected chi connectivity index (χ2v) is 8.14. The monoisotopic (exact) mass is 396 g/mol. The zero-order valence-corrected chi connectivity index (χ0v) is 16.1. The minimum atomic E-state index is -0.577. The van der Waals surface area contributed by atoms with Crippen LogP contribution >= 0.6 is 11.8 Å². The van der Waals surface area contributed by atoms with Crippen molar-refractivity contribution in [2.24, 2.45) is 11.7 Å². The van der Waals surface area contributed by atoms with E-state index >= 15 is 0 Å². The quantitative estimate of drug-likeness (QED) is 0.801. The van der Waals surface area contributed by atoms with Crippen LogP contribution in [0.2, 0.25) is 0 Å². The van der Waals surface area contributed by atoms with Crippen LogP contribution in [0.25, 0.3) is 10.9 Å². The fourth-order valence-corrected chi connectivity index (χ4v) is 4.30. The van der Waals surface area contributed by atoms with Crippen molar-refractivity contribution in [1.29, 1.82) is 5.26 Å². The molecule has 1 aromatic heterocycles. The van der Waals surface area contributed by atoms with Crippen LogP contribution in [0.5, 0.6) is 5.75 Å². The number of nitrogens with zero attached hydrogens (tertiary/aromatic N) is 3. The molecule has 2 heterocycles. The lowest BCUT2D eigenvalue weighted by molar-refractivity contribution is -0.130. The maximum atomic E-state index is 12.6. The summed E-state index contributed by atoms with van der Waals surface area (Å²) in [6.45, 7) is 0.672. The third-order valence-corrected chi connectivity index (χ3v) is 5.98. The van der Waals surface area contributed by atoms with Crippen molar-refractivity contribution in [3.63, 3.8) is 0 Å². The van der Waals surface area contributed by atoms with Gasteiger partial charge in [0, 0.05) is 11.1 Å². The van der Waals surface area contributed by atoms with Crippen LogP contribution < -0.4 is 10.5 Å². The number of nitrogens with two attached hydrogens (primary N) is 1. The number of primary amides is 1. The molecule has 0 bridgehead atoms. The summed E-state index contributed by atoms with van der Waals surface area (Å²) >= 11 is 1.55. The SMILES string of the molecule is N#CC1CSCN1C(=O)Cc1cc(C(N)=O)c2cc(OCC3CC3)ccc2n1. The van der Waals surface area contributed by atoms with Crippen LogP contribution in [0, 0.1) is 17.2 Å². The lowest BCUT2D eigenvalue weighted by atomic mass is 10.1.